The average molecular weight is 410 g/mol. The number of anilines is 2. The van der Waals surface area contributed by atoms with E-state index in [2.05, 4.69) is 15.3 Å². The van der Waals surface area contributed by atoms with Crippen LogP contribution in [-0.4, -0.2) is 28.1 Å². The molecule has 2 rings (SSSR count). The van der Waals surface area contributed by atoms with Crippen LogP contribution in [-0.2, 0) is 16.9 Å². The van der Waals surface area contributed by atoms with Gasteiger partial charge in [-0.2, -0.15) is 13.2 Å². The first-order chi connectivity index (χ1) is 12.1. The van der Waals surface area contributed by atoms with Crippen LogP contribution in [0.2, 0.25) is 5.15 Å². The second-order valence-electron chi connectivity index (χ2n) is 5.38. The molecular formula is C15H16ClF3N3O3P. The van der Waals surface area contributed by atoms with Gasteiger partial charge in [0, 0.05) is 18.5 Å². The van der Waals surface area contributed by atoms with E-state index in [0.717, 1.165) is 0 Å². The number of hydrogen-bond donors (Lipinski definition) is 2. The third-order valence-corrected chi connectivity index (χ3v) is 5.62. The number of aromatic nitrogens is 2. The van der Waals surface area contributed by atoms with E-state index in [1.54, 1.807) is 25.1 Å². The summed E-state index contributed by atoms with van der Waals surface area (Å²) >= 11 is 5.57. The topological polar surface area (TPSA) is 84.3 Å². The van der Waals surface area contributed by atoms with Gasteiger partial charge >= 0.3 is 6.18 Å². The molecule has 0 spiro atoms. The molecule has 0 saturated carbocycles. The lowest BCUT2D eigenvalue weighted by molar-refractivity contribution is -0.137. The predicted molar refractivity (Wildman–Crippen MR) is 92.4 cm³/mol. The molecule has 26 heavy (non-hydrogen) atoms. The van der Waals surface area contributed by atoms with Crippen molar-refractivity contribution >= 4 is 30.6 Å². The van der Waals surface area contributed by atoms with Crippen molar-refractivity contribution in [1.82, 2.24) is 9.97 Å². The molecule has 0 bridgehead atoms. The van der Waals surface area contributed by atoms with Crippen LogP contribution >= 0.6 is 19.0 Å². The van der Waals surface area contributed by atoms with E-state index < -0.39 is 24.3 Å². The molecule has 1 unspecified atom stereocenters. The van der Waals surface area contributed by atoms with E-state index in [1.807, 2.05) is 0 Å². The lowest BCUT2D eigenvalue weighted by atomic mass is 10.2. The summed E-state index contributed by atoms with van der Waals surface area (Å²) in [6.07, 6.45) is -3.93. The van der Waals surface area contributed by atoms with Crippen molar-refractivity contribution in [2.45, 2.75) is 19.3 Å². The van der Waals surface area contributed by atoms with Crippen LogP contribution in [0.4, 0.5) is 24.8 Å². The second kappa shape index (κ2) is 7.82. The zero-order valence-electron chi connectivity index (χ0n) is 13.8. The Labute approximate surface area is 152 Å². The number of benzene rings is 1. The third-order valence-electron chi connectivity index (χ3n) is 3.48. The Morgan fingerprint density at radius 2 is 2.08 bits per heavy atom. The zero-order valence-corrected chi connectivity index (χ0v) is 15.5. The number of nitrogens with one attached hydrogen (secondary N) is 1. The molecular weight excluding hydrogens is 394 g/mol. The normalized spacial score (nSPS) is 14.0. The van der Waals surface area contributed by atoms with E-state index in [4.69, 9.17) is 16.3 Å². The molecule has 0 aliphatic carbocycles. The van der Waals surface area contributed by atoms with Crippen LogP contribution in [0.25, 0.3) is 0 Å². The van der Waals surface area contributed by atoms with Gasteiger partial charge in [0.2, 0.25) is 13.3 Å². The van der Waals surface area contributed by atoms with Gasteiger partial charge in [0.05, 0.1) is 12.8 Å². The van der Waals surface area contributed by atoms with Gasteiger partial charge in [0.15, 0.2) is 0 Å². The van der Waals surface area contributed by atoms with Gasteiger partial charge < -0.3 is 14.9 Å². The van der Waals surface area contributed by atoms with Gasteiger partial charge in [-0.15, -0.1) is 0 Å². The van der Waals surface area contributed by atoms with Crippen LogP contribution < -0.4 is 10.1 Å². The molecule has 1 heterocycles. The van der Waals surface area contributed by atoms with Gasteiger partial charge in [-0.05, 0) is 17.7 Å². The van der Waals surface area contributed by atoms with Gasteiger partial charge in [0.25, 0.3) is 0 Å². The van der Waals surface area contributed by atoms with Gasteiger partial charge in [-0.3, -0.25) is 4.57 Å². The van der Waals surface area contributed by atoms with Crippen molar-refractivity contribution in [3.05, 3.63) is 40.7 Å². The van der Waals surface area contributed by atoms with E-state index in [0.29, 0.717) is 23.2 Å². The molecule has 1 aromatic heterocycles. The van der Waals surface area contributed by atoms with Crippen molar-refractivity contribution in [2.75, 3.05) is 18.6 Å². The largest absolute Gasteiger partial charge is 0.495 e. The highest BCUT2D eigenvalue weighted by molar-refractivity contribution is 7.57. The molecule has 1 aromatic carbocycles. The Hall–Kier alpha value is -1.83. The first-order valence-electron chi connectivity index (χ1n) is 7.40. The van der Waals surface area contributed by atoms with Crippen molar-refractivity contribution in [3.63, 3.8) is 0 Å². The maximum Gasteiger partial charge on any atom is 0.420 e. The Balaban J connectivity index is 2.27. The fraction of sp³-hybridized carbons (Fsp3) is 0.333. The molecule has 2 N–H and O–H groups in total. The molecule has 0 aliphatic rings. The van der Waals surface area contributed by atoms with E-state index in [9.17, 15) is 22.6 Å². The highest BCUT2D eigenvalue weighted by Crippen LogP contribution is 2.44. The van der Waals surface area contributed by atoms with Gasteiger partial charge in [-0.1, -0.05) is 24.6 Å². The number of alkyl halides is 3. The summed E-state index contributed by atoms with van der Waals surface area (Å²) in [7, 11) is -1.87. The molecule has 0 fully saturated rings. The second-order valence-corrected chi connectivity index (χ2v) is 8.38. The van der Waals surface area contributed by atoms with Gasteiger partial charge in [0.1, 0.15) is 16.5 Å². The zero-order chi connectivity index (χ0) is 19.5. The summed E-state index contributed by atoms with van der Waals surface area (Å²) in [5.41, 5.74) is -0.173. The standard InChI is InChI=1S/C15H16ClF3N3O3P/c1-3-26(23,24)8-9-4-5-11(12(6-9)25-2)21-14-20-7-10(13(16)22-14)15(17,18)19/h4-7H,3,8H2,1-2H3,(H,23,24)(H,20,21,22). The minimum atomic E-state index is -4.65. The molecule has 142 valence electrons. The Morgan fingerprint density at radius 1 is 1.38 bits per heavy atom. The molecule has 6 nitrogen and oxygen atoms in total. The fourth-order valence-corrected chi connectivity index (χ4v) is 3.29. The minimum absolute atomic E-state index is 0.0112. The number of methoxy groups -OCH3 is 1. The summed E-state index contributed by atoms with van der Waals surface area (Å²) in [5.74, 6) is 0.175. The fourth-order valence-electron chi connectivity index (χ4n) is 2.07. The monoisotopic (exact) mass is 409 g/mol. The van der Waals surface area contributed by atoms with Gasteiger partial charge in [-0.25, -0.2) is 9.97 Å². The number of halogens is 4. The smallest absolute Gasteiger partial charge is 0.420 e. The van der Waals surface area contributed by atoms with E-state index in [1.165, 1.54) is 7.11 Å². The Morgan fingerprint density at radius 3 is 2.62 bits per heavy atom. The Bertz CT molecular complexity index is 849. The highest BCUT2D eigenvalue weighted by atomic mass is 35.5. The first-order valence-corrected chi connectivity index (χ1v) is 9.81. The summed E-state index contributed by atoms with van der Waals surface area (Å²) < 4.78 is 55.1. The predicted octanol–water partition coefficient (Wildman–Crippen LogP) is 4.69. The number of ether oxygens (including phenoxy) is 1. The van der Waals surface area contributed by atoms with Crippen molar-refractivity contribution in [2.24, 2.45) is 0 Å². The molecule has 1 atom stereocenters. The maximum atomic E-state index is 12.7. The van der Waals surface area contributed by atoms with Crippen LogP contribution in [0.15, 0.2) is 24.4 Å². The first kappa shape index (κ1) is 20.5. The summed E-state index contributed by atoms with van der Waals surface area (Å²) in [6.45, 7) is 1.62. The molecule has 2 aromatic rings. The molecule has 0 aliphatic heterocycles. The van der Waals surface area contributed by atoms with Crippen molar-refractivity contribution in [1.29, 1.82) is 0 Å². The lowest BCUT2D eigenvalue weighted by Crippen LogP contribution is -2.09. The summed E-state index contributed by atoms with van der Waals surface area (Å²) in [4.78, 5) is 16.9. The molecule has 0 amide bonds. The van der Waals surface area contributed by atoms with Crippen LogP contribution in [0.5, 0.6) is 5.75 Å². The van der Waals surface area contributed by atoms with Crippen molar-refractivity contribution in [3.8, 4) is 5.75 Å². The number of rotatable bonds is 6. The lowest BCUT2D eigenvalue weighted by Gasteiger charge is -2.14. The van der Waals surface area contributed by atoms with Crippen LogP contribution in [0.3, 0.4) is 0 Å². The minimum Gasteiger partial charge on any atom is -0.495 e. The third kappa shape index (κ3) is 5.09. The van der Waals surface area contributed by atoms with Crippen LogP contribution in [0, 0.1) is 0 Å². The highest BCUT2D eigenvalue weighted by Gasteiger charge is 2.34. The molecule has 0 saturated heterocycles. The van der Waals surface area contributed by atoms with E-state index >= 15 is 0 Å². The molecule has 0 radical (unpaired) electrons. The average Bonchev–Trinajstić information content (AvgIpc) is 2.55. The van der Waals surface area contributed by atoms with E-state index in [-0.39, 0.29) is 18.3 Å². The molecule has 11 heteroatoms. The quantitative estimate of drug-likeness (QED) is 0.532. The van der Waals surface area contributed by atoms with Crippen molar-refractivity contribution < 1.29 is 27.4 Å². The number of hydrogen-bond acceptors (Lipinski definition) is 5. The van der Waals surface area contributed by atoms with Crippen LogP contribution in [0.1, 0.15) is 18.1 Å². The maximum absolute atomic E-state index is 12.7. The number of nitrogens with zero attached hydrogens (tertiary/aromatic N) is 2. The SMILES string of the molecule is CCP(=O)(O)Cc1ccc(Nc2ncc(C(F)(F)F)c(Cl)n2)c(OC)c1. The Kier molecular flexibility index (Phi) is 6.16. The summed E-state index contributed by atoms with van der Waals surface area (Å²) in [5, 5.41) is 1.99. The summed E-state index contributed by atoms with van der Waals surface area (Å²) in [6, 6.07) is 4.72.